The standard InChI is InChI=1S/C17H25ClN2O3.2ClH/c1-3-8-23-17-15(18)11-14(12-16(17)21-2)13-19-4-5-20-6-9-22-10-7-20;;/h3,11-12,19H,1,4-10,13H2,2H3;2*1H/p-2. The van der Waals surface area contributed by atoms with Crippen LogP contribution in [0.3, 0.4) is 0 Å². The highest BCUT2D eigenvalue weighted by Crippen LogP contribution is 2.36. The Morgan fingerprint density at radius 1 is 1.32 bits per heavy atom. The van der Waals surface area contributed by atoms with E-state index in [4.69, 9.17) is 25.8 Å². The van der Waals surface area contributed by atoms with Gasteiger partial charge in [0.15, 0.2) is 11.5 Å². The molecule has 1 saturated heterocycles. The summed E-state index contributed by atoms with van der Waals surface area (Å²) in [5, 5.41) is 3.99. The molecule has 2 rings (SSSR count). The van der Waals surface area contributed by atoms with Gasteiger partial charge in [-0.25, -0.2) is 0 Å². The van der Waals surface area contributed by atoms with Gasteiger partial charge in [-0.2, -0.15) is 0 Å². The van der Waals surface area contributed by atoms with Crippen LogP contribution in [-0.4, -0.2) is 58.0 Å². The molecule has 1 aromatic carbocycles. The Labute approximate surface area is 167 Å². The Morgan fingerprint density at radius 2 is 2.04 bits per heavy atom. The van der Waals surface area contributed by atoms with Crippen molar-refractivity contribution in [2.45, 2.75) is 6.54 Å². The monoisotopic (exact) mass is 410 g/mol. The Kier molecular flexibility index (Phi) is 13.1. The van der Waals surface area contributed by atoms with Crippen molar-refractivity contribution >= 4 is 11.6 Å². The Morgan fingerprint density at radius 3 is 2.68 bits per heavy atom. The summed E-state index contributed by atoms with van der Waals surface area (Å²) in [5.74, 6) is 1.20. The lowest BCUT2D eigenvalue weighted by molar-refractivity contribution is -0.001000. The van der Waals surface area contributed by atoms with Crippen LogP contribution in [0.5, 0.6) is 11.5 Å². The number of nitrogens with zero attached hydrogens (tertiary/aromatic N) is 1. The lowest BCUT2D eigenvalue weighted by atomic mass is 10.2. The molecular formula is C17H25Cl3N2O3-2. The minimum Gasteiger partial charge on any atom is -1.00 e. The van der Waals surface area contributed by atoms with E-state index in [1.807, 2.05) is 12.1 Å². The topological polar surface area (TPSA) is 43.0 Å². The van der Waals surface area contributed by atoms with Crippen LogP contribution in [-0.2, 0) is 11.3 Å². The Balaban J connectivity index is 0.00000288. The minimum absolute atomic E-state index is 0. The Hall–Kier alpha value is -0.690. The van der Waals surface area contributed by atoms with Gasteiger partial charge in [-0.3, -0.25) is 4.90 Å². The fraction of sp³-hybridized carbons (Fsp3) is 0.529. The average molecular weight is 412 g/mol. The highest BCUT2D eigenvalue weighted by atomic mass is 35.5. The maximum Gasteiger partial charge on any atom is 0.180 e. The first kappa shape index (κ1) is 24.3. The van der Waals surface area contributed by atoms with Gasteiger partial charge in [-0.15, -0.1) is 0 Å². The van der Waals surface area contributed by atoms with Gasteiger partial charge < -0.3 is 44.3 Å². The van der Waals surface area contributed by atoms with E-state index in [2.05, 4.69) is 16.8 Å². The van der Waals surface area contributed by atoms with E-state index >= 15 is 0 Å². The summed E-state index contributed by atoms with van der Waals surface area (Å²) in [6, 6.07) is 3.86. The van der Waals surface area contributed by atoms with E-state index < -0.39 is 0 Å². The maximum absolute atomic E-state index is 6.29. The predicted molar refractivity (Wildman–Crippen MR) is 92.7 cm³/mol. The zero-order valence-electron chi connectivity index (χ0n) is 14.4. The van der Waals surface area contributed by atoms with Gasteiger partial charge in [0.25, 0.3) is 0 Å². The van der Waals surface area contributed by atoms with Crippen molar-refractivity contribution < 1.29 is 39.0 Å². The van der Waals surface area contributed by atoms with Crippen LogP contribution >= 0.6 is 11.6 Å². The fourth-order valence-electron chi connectivity index (χ4n) is 2.45. The third-order valence-electron chi connectivity index (χ3n) is 3.67. The van der Waals surface area contributed by atoms with Gasteiger partial charge in [-0.05, 0) is 17.7 Å². The molecule has 25 heavy (non-hydrogen) atoms. The minimum atomic E-state index is 0. The summed E-state index contributed by atoms with van der Waals surface area (Å²) in [4.78, 5) is 2.40. The van der Waals surface area contributed by atoms with Gasteiger partial charge >= 0.3 is 0 Å². The van der Waals surface area contributed by atoms with Crippen molar-refractivity contribution in [1.29, 1.82) is 0 Å². The second-order valence-corrected chi connectivity index (χ2v) is 5.75. The highest BCUT2D eigenvalue weighted by Gasteiger charge is 2.12. The number of morpholine rings is 1. The zero-order valence-corrected chi connectivity index (χ0v) is 16.7. The molecule has 0 radical (unpaired) electrons. The van der Waals surface area contributed by atoms with Crippen LogP contribution in [0.2, 0.25) is 5.02 Å². The number of hydrogen-bond acceptors (Lipinski definition) is 5. The lowest BCUT2D eigenvalue weighted by Gasteiger charge is -2.26. The smallest absolute Gasteiger partial charge is 0.180 e. The van der Waals surface area contributed by atoms with E-state index in [0.717, 1.165) is 51.5 Å². The van der Waals surface area contributed by atoms with E-state index in [0.29, 0.717) is 23.1 Å². The largest absolute Gasteiger partial charge is 1.00 e. The van der Waals surface area contributed by atoms with Crippen LogP contribution < -0.4 is 39.6 Å². The molecule has 0 saturated carbocycles. The number of rotatable bonds is 9. The van der Waals surface area contributed by atoms with Crippen molar-refractivity contribution in [3.63, 3.8) is 0 Å². The number of methoxy groups -OCH3 is 1. The van der Waals surface area contributed by atoms with Crippen molar-refractivity contribution in [3.8, 4) is 11.5 Å². The molecule has 0 amide bonds. The van der Waals surface area contributed by atoms with E-state index in [9.17, 15) is 0 Å². The SMILES string of the molecule is C=CCOc1c(Cl)cc(CNCCN2CCOCC2)cc1OC.[Cl-].[Cl-]. The van der Waals surface area contributed by atoms with Gasteiger partial charge in [0.05, 0.1) is 25.3 Å². The van der Waals surface area contributed by atoms with Crippen molar-refractivity contribution in [2.75, 3.05) is 53.1 Å². The molecule has 1 N–H and O–H groups in total. The van der Waals surface area contributed by atoms with Crippen LogP contribution in [0.1, 0.15) is 5.56 Å². The highest BCUT2D eigenvalue weighted by molar-refractivity contribution is 6.32. The van der Waals surface area contributed by atoms with E-state index in [1.54, 1.807) is 13.2 Å². The van der Waals surface area contributed by atoms with Gasteiger partial charge in [0, 0.05) is 32.7 Å². The summed E-state index contributed by atoms with van der Waals surface area (Å²) < 4.78 is 16.3. The first-order valence-corrected chi connectivity index (χ1v) is 8.23. The number of ether oxygens (including phenoxy) is 3. The molecule has 1 heterocycles. The van der Waals surface area contributed by atoms with Crippen molar-refractivity contribution in [1.82, 2.24) is 10.2 Å². The summed E-state index contributed by atoms with van der Waals surface area (Å²) in [6.45, 7) is 10.4. The second kappa shape index (κ2) is 13.5. The van der Waals surface area contributed by atoms with Crippen molar-refractivity contribution in [2.24, 2.45) is 0 Å². The third-order valence-corrected chi connectivity index (χ3v) is 3.95. The fourth-order valence-corrected chi connectivity index (χ4v) is 2.74. The predicted octanol–water partition coefficient (Wildman–Crippen LogP) is -3.66. The normalized spacial score (nSPS) is 14.2. The third kappa shape index (κ3) is 8.03. The number of nitrogens with one attached hydrogen (secondary N) is 1. The molecule has 1 aliphatic rings. The van der Waals surface area contributed by atoms with Crippen LogP contribution in [0.15, 0.2) is 24.8 Å². The summed E-state index contributed by atoms with van der Waals surface area (Å²) in [5.41, 5.74) is 1.07. The number of benzene rings is 1. The van der Waals surface area contributed by atoms with E-state index in [-0.39, 0.29) is 24.8 Å². The summed E-state index contributed by atoms with van der Waals surface area (Å²) >= 11 is 6.29. The van der Waals surface area contributed by atoms with Crippen LogP contribution in [0.4, 0.5) is 0 Å². The molecule has 1 aliphatic heterocycles. The summed E-state index contributed by atoms with van der Waals surface area (Å²) in [6.07, 6.45) is 1.68. The molecule has 0 bridgehead atoms. The molecule has 0 atom stereocenters. The van der Waals surface area contributed by atoms with Crippen LogP contribution in [0, 0.1) is 0 Å². The quantitative estimate of drug-likeness (QED) is 0.335. The van der Waals surface area contributed by atoms with Crippen molar-refractivity contribution in [3.05, 3.63) is 35.4 Å². The van der Waals surface area contributed by atoms with E-state index in [1.165, 1.54) is 0 Å². The summed E-state index contributed by atoms with van der Waals surface area (Å²) in [7, 11) is 1.61. The zero-order chi connectivity index (χ0) is 16.5. The molecule has 0 aromatic heterocycles. The number of halogens is 3. The molecular weight excluding hydrogens is 387 g/mol. The molecule has 144 valence electrons. The number of hydrogen-bond donors (Lipinski definition) is 1. The van der Waals surface area contributed by atoms with Gasteiger partial charge in [-0.1, -0.05) is 24.3 Å². The Bertz CT molecular complexity index is 512. The van der Waals surface area contributed by atoms with Gasteiger partial charge in [0.1, 0.15) is 6.61 Å². The maximum atomic E-state index is 6.29. The van der Waals surface area contributed by atoms with Crippen LogP contribution in [0.25, 0.3) is 0 Å². The molecule has 0 aliphatic carbocycles. The first-order valence-electron chi connectivity index (χ1n) is 7.85. The average Bonchev–Trinajstić information content (AvgIpc) is 2.58. The molecule has 8 heteroatoms. The lowest BCUT2D eigenvalue weighted by Crippen LogP contribution is -3.00. The van der Waals surface area contributed by atoms with Gasteiger partial charge in [0.2, 0.25) is 0 Å². The molecule has 5 nitrogen and oxygen atoms in total. The molecule has 1 fully saturated rings. The second-order valence-electron chi connectivity index (χ2n) is 5.34. The first-order chi connectivity index (χ1) is 11.2. The molecule has 0 unspecified atom stereocenters. The molecule has 1 aromatic rings. The molecule has 0 spiro atoms.